The second kappa shape index (κ2) is 5.99. The van der Waals surface area contributed by atoms with Gasteiger partial charge in [-0.15, -0.1) is 0 Å². The Morgan fingerprint density at radius 3 is 2.44 bits per heavy atom. The van der Waals surface area contributed by atoms with Gasteiger partial charge in [-0.2, -0.15) is 0 Å². The molecule has 0 saturated heterocycles. The average Bonchev–Trinajstić information content (AvgIpc) is 2.94. The van der Waals surface area contributed by atoms with Crippen LogP contribution >= 0.6 is 15.9 Å². The predicted molar refractivity (Wildman–Crippen MR) is 105 cm³/mol. The van der Waals surface area contributed by atoms with E-state index in [4.69, 9.17) is 0 Å². The van der Waals surface area contributed by atoms with Gasteiger partial charge in [0.25, 0.3) is 0 Å². The summed E-state index contributed by atoms with van der Waals surface area (Å²) < 4.78 is 3.29. The lowest BCUT2D eigenvalue weighted by Gasteiger charge is -2.30. The molecule has 0 N–H and O–H groups in total. The van der Waals surface area contributed by atoms with Crippen molar-refractivity contribution < 1.29 is 4.79 Å². The molecule has 1 aromatic heterocycles. The van der Waals surface area contributed by atoms with E-state index >= 15 is 0 Å². The molecule has 1 heterocycles. The van der Waals surface area contributed by atoms with Crippen LogP contribution in [-0.4, -0.2) is 10.4 Å². The highest BCUT2D eigenvalue weighted by atomic mass is 79.9. The van der Waals surface area contributed by atoms with Gasteiger partial charge in [0.1, 0.15) is 0 Å². The van der Waals surface area contributed by atoms with E-state index in [9.17, 15) is 4.79 Å². The Hall–Kier alpha value is -2.13. The lowest BCUT2D eigenvalue weighted by molar-refractivity contribution is 0.0911. The number of carbonyl (C=O) groups is 1. The fourth-order valence-electron chi connectivity index (χ4n) is 3.74. The van der Waals surface area contributed by atoms with E-state index in [1.807, 2.05) is 30.3 Å². The van der Waals surface area contributed by atoms with Crippen LogP contribution in [0, 0.1) is 5.41 Å². The zero-order chi connectivity index (χ0) is 17.6. The molecular weight excluding hydrogens is 374 g/mol. The zero-order valence-electron chi connectivity index (χ0n) is 14.4. The van der Waals surface area contributed by atoms with Crippen LogP contribution in [0.25, 0.3) is 16.9 Å². The maximum Gasteiger partial charge on any atom is 0.165 e. The van der Waals surface area contributed by atoms with Crippen LogP contribution in [0.15, 0.2) is 65.1 Å². The number of ketones is 1. The molecule has 3 heteroatoms. The molecular formula is C22H20BrNO. The third-order valence-electron chi connectivity index (χ3n) is 4.82. The summed E-state index contributed by atoms with van der Waals surface area (Å²) in [5.74, 6) is 0.247. The Kier molecular flexibility index (Phi) is 3.92. The first kappa shape index (κ1) is 16.3. The van der Waals surface area contributed by atoms with Gasteiger partial charge in [0.05, 0.1) is 5.69 Å². The Balaban J connectivity index is 2.01. The van der Waals surface area contributed by atoms with Crippen molar-refractivity contribution >= 4 is 21.7 Å². The molecule has 0 saturated carbocycles. The highest BCUT2D eigenvalue weighted by Gasteiger charge is 2.34. The summed E-state index contributed by atoms with van der Waals surface area (Å²) in [5, 5.41) is 0. The minimum Gasteiger partial charge on any atom is -0.313 e. The standard InChI is InChI=1S/C22H20BrNO/c1-22(2)13-20-18(21(25)14-22)12-19(15-7-4-3-5-8-15)24(20)17-10-6-9-16(23)11-17/h3-12H,13-14H2,1-2H3. The largest absolute Gasteiger partial charge is 0.313 e. The Bertz CT molecular complexity index is 953. The Morgan fingerprint density at radius 2 is 1.72 bits per heavy atom. The molecule has 0 amide bonds. The number of hydrogen-bond acceptors (Lipinski definition) is 1. The fourth-order valence-corrected chi connectivity index (χ4v) is 4.13. The van der Waals surface area contributed by atoms with Crippen molar-refractivity contribution in [2.75, 3.05) is 0 Å². The van der Waals surface area contributed by atoms with Crippen LogP contribution in [0.2, 0.25) is 0 Å². The van der Waals surface area contributed by atoms with E-state index in [1.54, 1.807) is 0 Å². The van der Waals surface area contributed by atoms with Gasteiger partial charge in [0.15, 0.2) is 5.78 Å². The lowest BCUT2D eigenvalue weighted by Crippen LogP contribution is -2.27. The molecule has 4 rings (SSSR count). The monoisotopic (exact) mass is 393 g/mol. The van der Waals surface area contributed by atoms with Gasteiger partial charge in [-0.1, -0.05) is 66.2 Å². The number of nitrogens with zero attached hydrogens (tertiary/aromatic N) is 1. The molecule has 0 radical (unpaired) electrons. The lowest BCUT2D eigenvalue weighted by atomic mass is 9.76. The molecule has 25 heavy (non-hydrogen) atoms. The molecule has 0 spiro atoms. The number of hydrogen-bond donors (Lipinski definition) is 0. The molecule has 0 bridgehead atoms. The third kappa shape index (κ3) is 2.98. The molecule has 0 aliphatic heterocycles. The van der Waals surface area contributed by atoms with Crippen molar-refractivity contribution in [3.63, 3.8) is 0 Å². The van der Waals surface area contributed by atoms with E-state index in [-0.39, 0.29) is 11.2 Å². The number of halogens is 1. The molecule has 2 nitrogen and oxygen atoms in total. The topological polar surface area (TPSA) is 22.0 Å². The minimum absolute atomic E-state index is 0.0137. The maximum atomic E-state index is 12.8. The van der Waals surface area contributed by atoms with Crippen molar-refractivity contribution in [2.45, 2.75) is 26.7 Å². The van der Waals surface area contributed by atoms with Crippen molar-refractivity contribution in [2.24, 2.45) is 5.41 Å². The minimum atomic E-state index is -0.0137. The predicted octanol–water partition coefficient (Wildman–Crippen LogP) is 6.06. The first-order valence-electron chi connectivity index (χ1n) is 8.54. The number of Topliss-reactive ketones (excluding diaryl/α,β-unsaturated/α-hetero) is 1. The van der Waals surface area contributed by atoms with Gasteiger partial charge >= 0.3 is 0 Å². The maximum absolute atomic E-state index is 12.8. The van der Waals surface area contributed by atoms with Crippen molar-refractivity contribution in [1.29, 1.82) is 0 Å². The van der Waals surface area contributed by atoms with Crippen LogP contribution in [0.3, 0.4) is 0 Å². The van der Waals surface area contributed by atoms with Gasteiger partial charge in [0, 0.05) is 27.8 Å². The average molecular weight is 394 g/mol. The van der Waals surface area contributed by atoms with Gasteiger partial charge in [-0.25, -0.2) is 0 Å². The first-order valence-corrected chi connectivity index (χ1v) is 9.33. The van der Waals surface area contributed by atoms with E-state index in [1.165, 1.54) is 0 Å². The smallest absolute Gasteiger partial charge is 0.165 e. The van der Waals surface area contributed by atoms with Crippen LogP contribution in [-0.2, 0) is 6.42 Å². The normalized spacial score (nSPS) is 15.9. The molecule has 126 valence electrons. The van der Waals surface area contributed by atoms with E-state index in [0.29, 0.717) is 6.42 Å². The summed E-state index contributed by atoms with van der Waals surface area (Å²) in [7, 11) is 0. The van der Waals surface area contributed by atoms with Crippen LogP contribution in [0.5, 0.6) is 0 Å². The van der Waals surface area contributed by atoms with Crippen LogP contribution < -0.4 is 0 Å². The number of fused-ring (bicyclic) bond motifs is 1. The summed E-state index contributed by atoms with van der Waals surface area (Å²) in [6.45, 7) is 4.35. The van der Waals surface area contributed by atoms with E-state index < -0.39 is 0 Å². The highest BCUT2D eigenvalue weighted by Crippen LogP contribution is 2.40. The SMILES string of the molecule is CC1(C)CC(=O)c2cc(-c3ccccc3)n(-c3cccc(Br)c3)c2C1. The molecule has 0 fully saturated rings. The van der Waals surface area contributed by atoms with Crippen LogP contribution in [0.4, 0.5) is 0 Å². The Labute approximate surface area is 156 Å². The highest BCUT2D eigenvalue weighted by molar-refractivity contribution is 9.10. The first-order chi connectivity index (χ1) is 11.9. The second-order valence-electron chi connectivity index (χ2n) is 7.51. The van der Waals surface area contributed by atoms with Crippen molar-refractivity contribution in [1.82, 2.24) is 4.57 Å². The molecule has 1 aliphatic rings. The number of rotatable bonds is 2. The molecule has 3 aromatic rings. The number of benzene rings is 2. The van der Waals surface area contributed by atoms with Gasteiger partial charge in [-0.3, -0.25) is 4.79 Å². The zero-order valence-corrected chi connectivity index (χ0v) is 16.0. The van der Waals surface area contributed by atoms with Crippen molar-refractivity contribution in [3.05, 3.63) is 76.4 Å². The molecule has 2 aromatic carbocycles. The van der Waals surface area contributed by atoms with Crippen molar-refractivity contribution in [3.8, 4) is 16.9 Å². The van der Waals surface area contributed by atoms with E-state index in [0.717, 1.165) is 39.1 Å². The van der Waals surface area contributed by atoms with E-state index in [2.05, 4.69) is 64.7 Å². The van der Waals surface area contributed by atoms with Crippen LogP contribution in [0.1, 0.15) is 36.3 Å². The number of carbonyl (C=O) groups excluding carboxylic acids is 1. The second-order valence-corrected chi connectivity index (χ2v) is 8.43. The summed E-state index contributed by atoms with van der Waals surface area (Å²) >= 11 is 3.58. The summed E-state index contributed by atoms with van der Waals surface area (Å²) in [5.41, 5.74) is 5.27. The fraction of sp³-hybridized carbons (Fsp3) is 0.227. The van der Waals surface area contributed by atoms with Gasteiger partial charge in [-0.05, 0) is 41.7 Å². The van der Waals surface area contributed by atoms with Gasteiger partial charge < -0.3 is 4.57 Å². The summed E-state index contributed by atoms with van der Waals surface area (Å²) in [6, 6.07) is 20.6. The summed E-state index contributed by atoms with van der Waals surface area (Å²) in [6.07, 6.45) is 1.50. The summed E-state index contributed by atoms with van der Waals surface area (Å²) in [4.78, 5) is 12.8. The molecule has 1 aliphatic carbocycles. The third-order valence-corrected chi connectivity index (χ3v) is 5.32. The quantitative estimate of drug-likeness (QED) is 0.518. The molecule has 0 atom stereocenters. The number of aromatic nitrogens is 1. The Morgan fingerprint density at radius 1 is 0.960 bits per heavy atom. The molecule has 0 unspecified atom stereocenters. The van der Waals surface area contributed by atoms with Gasteiger partial charge in [0.2, 0.25) is 0 Å².